The average molecular weight is 280 g/mol. The van der Waals surface area contributed by atoms with Crippen molar-refractivity contribution in [1.29, 1.82) is 0 Å². The van der Waals surface area contributed by atoms with E-state index in [-0.39, 0.29) is 5.82 Å². The molecule has 100 valence electrons. The molecule has 2 rings (SSSR count). The molecule has 0 saturated heterocycles. The number of hydrogen-bond donors (Lipinski definition) is 1. The lowest BCUT2D eigenvalue weighted by atomic mass is 9.99. The smallest absolute Gasteiger partial charge is 0.137 e. The molecule has 0 fully saturated rings. The van der Waals surface area contributed by atoms with E-state index in [4.69, 9.17) is 16.3 Å². The normalized spacial score (nSPS) is 10.5. The fourth-order valence-corrected chi connectivity index (χ4v) is 2.27. The highest BCUT2D eigenvalue weighted by molar-refractivity contribution is 6.32. The first-order chi connectivity index (χ1) is 9.15. The van der Waals surface area contributed by atoms with E-state index in [1.807, 2.05) is 25.2 Å². The molecule has 0 radical (unpaired) electrons. The Morgan fingerprint density at radius 1 is 1.21 bits per heavy atom. The fraction of sp³-hybridized carbons (Fsp3) is 0.200. The summed E-state index contributed by atoms with van der Waals surface area (Å²) in [6.07, 6.45) is 0. The number of hydrogen-bond acceptors (Lipinski definition) is 2. The van der Waals surface area contributed by atoms with E-state index in [1.54, 1.807) is 13.2 Å². The Morgan fingerprint density at radius 3 is 2.63 bits per heavy atom. The highest BCUT2D eigenvalue weighted by atomic mass is 35.5. The van der Waals surface area contributed by atoms with Crippen LogP contribution in [0.1, 0.15) is 5.56 Å². The van der Waals surface area contributed by atoms with Gasteiger partial charge in [-0.25, -0.2) is 4.39 Å². The minimum absolute atomic E-state index is 0.242. The van der Waals surface area contributed by atoms with Crippen LogP contribution in [0.2, 0.25) is 5.02 Å². The van der Waals surface area contributed by atoms with Crippen molar-refractivity contribution >= 4 is 11.6 Å². The van der Waals surface area contributed by atoms with Crippen molar-refractivity contribution in [3.63, 3.8) is 0 Å². The van der Waals surface area contributed by atoms with Gasteiger partial charge in [0.25, 0.3) is 0 Å². The largest absolute Gasteiger partial charge is 0.495 e. The Kier molecular flexibility index (Phi) is 4.40. The van der Waals surface area contributed by atoms with Crippen LogP contribution < -0.4 is 10.1 Å². The summed E-state index contributed by atoms with van der Waals surface area (Å²) in [6, 6.07) is 10.3. The van der Waals surface area contributed by atoms with Crippen LogP contribution in [-0.2, 0) is 6.54 Å². The average Bonchev–Trinajstić information content (AvgIpc) is 2.39. The molecule has 0 aliphatic carbocycles. The summed E-state index contributed by atoms with van der Waals surface area (Å²) in [5.74, 6) is 0.385. The Labute approximate surface area is 117 Å². The zero-order valence-corrected chi connectivity index (χ0v) is 11.6. The summed E-state index contributed by atoms with van der Waals surface area (Å²) in [4.78, 5) is 0. The first-order valence-corrected chi connectivity index (χ1v) is 6.30. The highest BCUT2D eigenvalue weighted by Gasteiger charge is 2.08. The van der Waals surface area contributed by atoms with Gasteiger partial charge in [-0.3, -0.25) is 0 Å². The summed E-state index contributed by atoms with van der Waals surface area (Å²) < 4.78 is 18.4. The summed E-state index contributed by atoms with van der Waals surface area (Å²) in [5, 5.41) is 3.58. The van der Waals surface area contributed by atoms with Crippen molar-refractivity contribution in [2.24, 2.45) is 0 Å². The van der Waals surface area contributed by atoms with Gasteiger partial charge in [-0.05, 0) is 48.0 Å². The number of halogens is 2. The van der Waals surface area contributed by atoms with E-state index in [2.05, 4.69) is 5.32 Å². The molecule has 4 heteroatoms. The molecule has 19 heavy (non-hydrogen) atoms. The Morgan fingerprint density at radius 2 is 2.00 bits per heavy atom. The zero-order chi connectivity index (χ0) is 13.8. The number of methoxy groups -OCH3 is 1. The van der Waals surface area contributed by atoms with E-state index >= 15 is 0 Å². The van der Waals surface area contributed by atoms with Gasteiger partial charge in [0.15, 0.2) is 0 Å². The number of ether oxygens (including phenoxy) is 1. The van der Waals surface area contributed by atoms with Crippen molar-refractivity contribution in [3.8, 4) is 16.9 Å². The van der Waals surface area contributed by atoms with Crippen LogP contribution in [0.4, 0.5) is 4.39 Å². The second-order valence-corrected chi connectivity index (χ2v) is 4.59. The molecule has 0 aliphatic heterocycles. The second-order valence-electron chi connectivity index (χ2n) is 4.18. The third-order valence-corrected chi connectivity index (χ3v) is 3.19. The van der Waals surface area contributed by atoms with Gasteiger partial charge in [-0.1, -0.05) is 23.7 Å². The Bertz CT molecular complexity index is 586. The van der Waals surface area contributed by atoms with Crippen LogP contribution in [0.5, 0.6) is 5.75 Å². The minimum atomic E-state index is -0.242. The SMILES string of the molecule is CNCc1cc(F)ccc1-c1ccc(OC)c(Cl)c1. The van der Waals surface area contributed by atoms with Gasteiger partial charge in [0, 0.05) is 6.54 Å². The van der Waals surface area contributed by atoms with Crippen LogP contribution in [-0.4, -0.2) is 14.2 Å². The van der Waals surface area contributed by atoms with Gasteiger partial charge < -0.3 is 10.1 Å². The van der Waals surface area contributed by atoms with Gasteiger partial charge in [0.1, 0.15) is 11.6 Å². The van der Waals surface area contributed by atoms with Crippen LogP contribution >= 0.6 is 11.6 Å². The predicted octanol–water partition coefficient (Wildman–Crippen LogP) is 3.87. The summed E-state index contributed by atoms with van der Waals surface area (Å²) in [7, 11) is 3.40. The molecule has 0 saturated carbocycles. The molecule has 2 aromatic carbocycles. The quantitative estimate of drug-likeness (QED) is 0.917. The third kappa shape index (κ3) is 3.06. The standard InChI is InChI=1S/C15H15ClFNO/c1-18-9-11-7-12(17)4-5-13(11)10-3-6-15(19-2)14(16)8-10/h3-8,18H,9H2,1-2H3. The molecule has 0 aliphatic rings. The molecule has 0 amide bonds. The molecular formula is C15H15ClFNO. The maximum absolute atomic E-state index is 13.3. The molecule has 2 aromatic rings. The maximum Gasteiger partial charge on any atom is 0.137 e. The topological polar surface area (TPSA) is 21.3 Å². The van der Waals surface area contributed by atoms with Crippen LogP contribution in [0.15, 0.2) is 36.4 Å². The summed E-state index contributed by atoms with van der Waals surface area (Å²) in [6.45, 7) is 0.594. The molecule has 0 atom stereocenters. The molecule has 0 unspecified atom stereocenters. The lowest BCUT2D eigenvalue weighted by Crippen LogP contribution is -2.06. The lowest BCUT2D eigenvalue weighted by Gasteiger charge is -2.11. The first-order valence-electron chi connectivity index (χ1n) is 5.92. The molecule has 0 aromatic heterocycles. The van der Waals surface area contributed by atoms with Crippen molar-refractivity contribution in [2.45, 2.75) is 6.54 Å². The lowest BCUT2D eigenvalue weighted by molar-refractivity contribution is 0.415. The van der Waals surface area contributed by atoms with Gasteiger partial charge in [0.2, 0.25) is 0 Å². The summed E-state index contributed by atoms with van der Waals surface area (Å²) in [5.41, 5.74) is 2.79. The first kappa shape index (κ1) is 13.8. The van der Waals surface area contributed by atoms with Gasteiger partial charge >= 0.3 is 0 Å². The fourth-order valence-electron chi connectivity index (χ4n) is 2.01. The molecule has 2 nitrogen and oxygen atoms in total. The molecule has 0 heterocycles. The van der Waals surface area contributed by atoms with E-state index in [0.29, 0.717) is 17.3 Å². The Hall–Kier alpha value is -1.58. The third-order valence-electron chi connectivity index (χ3n) is 2.90. The number of rotatable bonds is 4. The zero-order valence-electron chi connectivity index (χ0n) is 10.8. The highest BCUT2D eigenvalue weighted by Crippen LogP contribution is 2.32. The van der Waals surface area contributed by atoms with Crippen molar-refractivity contribution < 1.29 is 9.13 Å². The van der Waals surface area contributed by atoms with E-state index in [1.165, 1.54) is 12.1 Å². The predicted molar refractivity (Wildman–Crippen MR) is 76.2 cm³/mol. The van der Waals surface area contributed by atoms with E-state index < -0.39 is 0 Å². The molecular weight excluding hydrogens is 265 g/mol. The summed E-state index contributed by atoms with van der Waals surface area (Å²) >= 11 is 6.13. The minimum Gasteiger partial charge on any atom is -0.495 e. The van der Waals surface area contributed by atoms with Gasteiger partial charge in [-0.15, -0.1) is 0 Å². The van der Waals surface area contributed by atoms with Gasteiger partial charge in [-0.2, -0.15) is 0 Å². The Balaban J connectivity index is 2.48. The maximum atomic E-state index is 13.3. The van der Waals surface area contributed by atoms with Crippen molar-refractivity contribution in [3.05, 3.63) is 52.8 Å². The number of benzene rings is 2. The molecule has 0 spiro atoms. The van der Waals surface area contributed by atoms with Crippen LogP contribution in [0, 0.1) is 5.82 Å². The van der Waals surface area contributed by atoms with Crippen LogP contribution in [0.25, 0.3) is 11.1 Å². The monoisotopic (exact) mass is 279 g/mol. The van der Waals surface area contributed by atoms with Crippen molar-refractivity contribution in [2.75, 3.05) is 14.2 Å². The van der Waals surface area contributed by atoms with Gasteiger partial charge in [0.05, 0.1) is 12.1 Å². The van der Waals surface area contributed by atoms with Crippen molar-refractivity contribution in [1.82, 2.24) is 5.32 Å². The number of nitrogens with one attached hydrogen (secondary N) is 1. The van der Waals surface area contributed by atoms with E-state index in [0.717, 1.165) is 16.7 Å². The molecule has 0 bridgehead atoms. The molecule has 1 N–H and O–H groups in total. The second kappa shape index (κ2) is 6.04. The van der Waals surface area contributed by atoms with E-state index in [9.17, 15) is 4.39 Å². The van der Waals surface area contributed by atoms with Crippen LogP contribution in [0.3, 0.4) is 0 Å².